The van der Waals surface area contributed by atoms with Gasteiger partial charge in [0, 0.05) is 18.4 Å². The van der Waals surface area contributed by atoms with Crippen molar-refractivity contribution < 1.29 is 0 Å². The van der Waals surface area contributed by atoms with Crippen molar-refractivity contribution >= 4 is 5.69 Å². The van der Waals surface area contributed by atoms with E-state index in [-0.39, 0.29) is 0 Å². The molecule has 0 N–H and O–H groups in total. The molecule has 0 fully saturated rings. The molecular formula is C18H17N. The van der Waals surface area contributed by atoms with Gasteiger partial charge in [0.05, 0.1) is 0 Å². The van der Waals surface area contributed by atoms with E-state index in [1.165, 1.54) is 16.8 Å². The topological polar surface area (TPSA) is 3.24 Å². The Morgan fingerprint density at radius 2 is 1.63 bits per heavy atom. The molecule has 0 unspecified atom stereocenters. The van der Waals surface area contributed by atoms with Crippen molar-refractivity contribution in [3.05, 3.63) is 90.2 Å². The maximum Gasteiger partial charge on any atom is 0.0444 e. The Morgan fingerprint density at radius 1 is 0.842 bits per heavy atom. The third kappa shape index (κ3) is 2.76. The number of nitrogens with zero attached hydrogens (tertiary/aromatic N) is 1. The van der Waals surface area contributed by atoms with E-state index in [9.17, 15) is 0 Å². The van der Waals surface area contributed by atoms with E-state index in [2.05, 4.69) is 83.9 Å². The number of hydrogen-bond donors (Lipinski definition) is 0. The smallest absolute Gasteiger partial charge is 0.0444 e. The zero-order chi connectivity index (χ0) is 12.9. The van der Waals surface area contributed by atoms with Crippen LogP contribution in [0.15, 0.2) is 79.0 Å². The summed E-state index contributed by atoms with van der Waals surface area (Å²) in [4.78, 5) is 2.29. The van der Waals surface area contributed by atoms with Gasteiger partial charge in [-0.2, -0.15) is 0 Å². The fourth-order valence-electron chi connectivity index (χ4n) is 2.40. The first-order chi connectivity index (χ1) is 9.43. The average molecular weight is 247 g/mol. The summed E-state index contributed by atoms with van der Waals surface area (Å²) >= 11 is 0. The standard InChI is InChI=1S/C18H17N/c1-3-9-16(10-4-1)15-17-11-5-6-12-18(17)19-13-7-2-8-14-19/h1-13H,14-15H2. The van der Waals surface area contributed by atoms with Crippen LogP contribution in [0.1, 0.15) is 11.1 Å². The van der Waals surface area contributed by atoms with Crippen LogP contribution in [-0.2, 0) is 6.42 Å². The molecule has 0 radical (unpaired) electrons. The summed E-state index contributed by atoms with van der Waals surface area (Å²) in [5.41, 5.74) is 4.02. The van der Waals surface area contributed by atoms with Crippen LogP contribution in [0.2, 0.25) is 0 Å². The third-order valence-electron chi connectivity index (χ3n) is 3.35. The molecule has 94 valence electrons. The fourth-order valence-corrected chi connectivity index (χ4v) is 2.40. The van der Waals surface area contributed by atoms with Gasteiger partial charge in [0.1, 0.15) is 0 Å². The molecule has 1 aliphatic heterocycles. The van der Waals surface area contributed by atoms with Gasteiger partial charge in [0.15, 0.2) is 0 Å². The zero-order valence-electron chi connectivity index (χ0n) is 10.9. The van der Waals surface area contributed by atoms with Gasteiger partial charge in [-0.1, -0.05) is 60.7 Å². The van der Waals surface area contributed by atoms with Crippen LogP contribution < -0.4 is 4.90 Å². The number of hydrogen-bond acceptors (Lipinski definition) is 1. The summed E-state index contributed by atoms with van der Waals surface area (Å²) in [6.07, 6.45) is 9.48. The molecule has 0 spiro atoms. The molecule has 0 saturated carbocycles. The Balaban J connectivity index is 1.89. The first-order valence-electron chi connectivity index (χ1n) is 6.65. The molecule has 2 aromatic rings. The molecule has 1 aliphatic rings. The fraction of sp³-hybridized carbons (Fsp3) is 0.111. The molecule has 19 heavy (non-hydrogen) atoms. The van der Waals surface area contributed by atoms with Crippen LogP contribution in [0.5, 0.6) is 0 Å². The molecule has 1 heterocycles. The van der Waals surface area contributed by atoms with Crippen LogP contribution in [0, 0.1) is 0 Å². The van der Waals surface area contributed by atoms with E-state index in [1.54, 1.807) is 0 Å². The predicted octanol–water partition coefficient (Wildman–Crippen LogP) is 4.17. The second-order valence-corrected chi connectivity index (χ2v) is 4.71. The van der Waals surface area contributed by atoms with Gasteiger partial charge >= 0.3 is 0 Å². The van der Waals surface area contributed by atoms with Gasteiger partial charge < -0.3 is 4.90 Å². The molecule has 0 saturated heterocycles. The summed E-state index contributed by atoms with van der Waals surface area (Å²) in [6.45, 7) is 0.947. The Labute approximate surface area is 114 Å². The minimum absolute atomic E-state index is 0.947. The number of anilines is 1. The monoisotopic (exact) mass is 247 g/mol. The van der Waals surface area contributed by atoms with E-state index >= 15 is 0 Å². The van der Waals surface area contributed by atoms with E-state index in [4.69, 9.17) is 0 Å². The first kappa shape index (κ1) is 11.8. The van der Waals surface area contributed by atoms with Crippen molar-refractivity contribution in [1.29, 1.82) is 0 Å². The van der Waals surface area contributed by atoms with Gasteiger partial charge in [-0.15, -0.1) is 0 Å². The molecule has 0 bridgehead atoms. The Bertz CT molecular complexity index is 596. The van der Waals surface area contributed by atoms with E-state index in [1.807, 2.05) is 0 Å². The molecule has 2 aromatic carbocycles. The Kier molecular flexibility index (Phi) is 3.46. The molecule has 0 amide bonds. The maximum atomic E-state index is 2.29. The summed E-state index contributed by atoms with van der Waals surface area (Å²) in [6, 6.07) is 19.3. The van der Waals surface area contributed by atoms with Crippen molar-refractivity contribution in [2.24, 2.45) is 0 Å². The zero-order valence-corrected chi connectivity index (χ0v) is 10.9. The summed E-state index contributed by atoms with van der Waals surface area (Å²) < 4.78 is 0. The van der Waals surface area contributed by atoms with Crippen molar-refractivity contribution in [1.82, 2.24) is 0 Å². The van der Waals surface area contributed by atoms with Gasteiger partial charge in [0.25, 0.3) is 0 Å². The van der Waals surface area contributed by atoms with Crippen LogP contribution in [0.25, 0.3) is 0 Å². The maximum absolute atomic E-state index is 2.29. The highest BCUT2D eigenvalue weighted by Gasteiger charge is 2.09. The van der Waals surface area contributed by atoms with Crippen LogP contribution in [0.4, 0.5) is 5.69 Å². The molecule has 3 rings (SSSR count). The van der Waals surface area contributed by atoms with Crippen LogP contribution in [-0.4, -0.2) is 6.54 Å². The molecule has 1 heteroatoms. The van der Waals surface area contributed by atoms with Gasteiger partial charge in [-0.05, 0) is 29.7 Å². The average Bonchev–Trinajstić information content (AvgIpc) is 2.50. The predicted molar refractivity (Wildman–Crippen MR) is 81.3 cm³/mol. The molecule has 1 nitrogen and oxygen atoms in total. The lowest BCUT2D eigenvalue weighted by Gasteiger charge is -2.23. The van der Waals surface area contributed by atoms with E-state index in [0.29, 0.717) is 0 Å². The number of allylic oxidation sites excluding steroid dienone is 2. The Hall–Kier alpha value is -2.28. The SMILES string of the molecule is C1=CCN(c2ccccc2Cc2ccccc2)C=C1. The minimum Gasteiger partial charge on any atom is -0.344 e. The lowest BCUT2D eigenvalue weighted by atomic mass is 10.0. The number of para-hydroxylation sites is 1. The highest BCUT2D eigenvalue weighted by molar-refractivity contribution is 5.58. The van der Waals surface area contributed by atoms with Gasteiger partial charge in [-0.3, -0.25) is 0 Å². The van der Waals surface area contributed by atoms with E-state index in [0.717, 1.165) is 13.0 Å². The summed E-state index contributed by atoms with van der Waals surface area (Å²) in [5, 5.41) is 0. The second-order valence-electron chi connectivity index (χ2n) is 4.71. The third-order valence-corrected chi connectivity index (χ3v) is 3.35. The lowest BCUT2D eigenvalue weighted by Crippen LogP contribution is -2.19. The highest BCUT2D eigenvalue weighted by atomic mass is 15.1. The second kappa shape index (κ2) is 5.57. The van der Waals surface area contributed by atoms with Crippen molar-refractivity contribution in [2.45, 2.75) is 6.42 Å². The summed E-state index contributed by atoms with van der Waals surface area (Å²) in [7, 11) is 0. The number of rotatable bonds is 3. The van der Waals surface area contributed by atoms with Crippen molar-refractivity contribution in [2.75, 3.05) is 11.4 Å². The largest absolute Gasteiger partial charge is 0.344 e. The lowest BCUT2D eigenvalue weighted by molar-refractivity contribution is 1.04. The van der Waals surface area contributed by atoms with Crippen LogP contribution >= 0.6 is 0 Å². The number of benzene rings is 2. The molecular weight excluding hydrogens is 230 g/mol. The minimum atomic E-state index is 0.947. The first-order valence-corrected chi connectivity index (χ1v) is 6.65. The normalized spacial score (nSPS) is 13.8. The summed E-state index contributed by atoms with van der Waals surface area (Å²) in [5.74, 6) is 0. The van der Waals surface area contributed by atoms with Crippen molar-refractivity contribution in [3.63, 3.8) is 0 Å². The van der Waals surface area contributed by atoms with Gasteiger partial charge in [-0.25, -0.2) is 0 Å². The molecule has 0 aliphatic carbocycles. The van der Waals surface area contributed by atoms with E-state index < -0.39 is 0 Å². The highest BCUT2D eigenvalue weighted by Crippen LogP contribution is 2.24. The van der Waals surface area contributed by atoms with Gasteiger partial charge in [0.2, 0.25) is 0 Å². The molecule has 0 aromatic heterocycles. The quantitative estimate of drug-likeness (QED) is 0.787. The molecule has 0 atom stereocenters. The van der Waals surface area contributed by atoms with Crippen LogP contribution in [0.3, 0.4) is 0 Å². The van der Waals surface area contributed by atoms with Crippen molar-refractivity contribution in [3.8, 4) is 0 Å². The Morgan fingerprint density at radius 3 is 2.42 bits per heavy atom.